The first-order valence-corrected chi connectivity index (χ1v) is 5.13. The highest BCUT2D eigenvalue weighted by Crippen LogP contribution is 2.33. The molecule has 18 heavy (non-hydrogen) atoms. The van der Waals surface area contributed by atoms with Gasteiger partial charge >= 0.3 is 6.18 Å². The monoisotopic (exact) mass is 252 g/mol. The van der Waals surface area contributed by atoms with Gasteiger partial charge in [-0.3, -0.25) is 0 Å². The number of hydrogen-bond acceptors (Lipinski definition) is 2. The summed E-state index contributed by atoms with van der Waals surface area (Å²) in [5, 5.41) is 0.412. The van der Waals surface area contributed by atoms with Gasteiger partial charge in [0.2, 0.25) is 0 Å². The van der Waals surface area contributed by atoms with E-state index in [1.165, 1.54) is 12.4 Å². The van der Waals surface area contributed by atoms with Crippen LogP contribution in [0.15, 0.2) is 41.2 Å². The minimum Gasteiger partial charge on any atom is -0.454 e. The highest BCUT2D eigenvalue weighted by molar-refractivity contribution is 5.82. The number of H-pyrrole nitrogens is 1. The molecule has 0 amide bonds. The molecule has 1 aromatic carbocycles. The van der Waals surface area contributed by atoms with Crippen LogP contribution in [0.2, 0.25) is 0 Å². The number of hydrogen-bond donors (Lipinski definition) is 1. The molecule has 0 saturated carbocycles. The molecular weight excluding hydrogens is 245 g/mol. The van der Waals surface area contributed by atoms with Crippen molar-refractivity contribution in [3.05, 3.63) is 42.4 Å². The normalized spacial score (nSPS) is 12.2. The van der Waals surface area contributed by atoms with Crippen molar-refractivity contribution in [3.63, 3.8) is 0 Å². The Balaban J connectivity index is 2.13. The molecule has 3 rings (SSSR count). The Morgan fingerprint density at radius 1 is 1.17 bits per heavy atom. The van der Waals surface area contributed by atoms with Crippen LogP contribution >= 0.6 is 0 Å². The summed E-state index contributed by atoms with van der Waals surface area (Å²) in [6.45, 7) is 0. The zero-order valence-corrected chi connectivity index (χ0v) is 8.95. The number of benzene rings is 1. The maximum Gasteiger partial charge on any atom is 0.416 e. The number of aromatic amines is 1. The SMILES string of the molecule is FC(F)(F)c1ccc2oc(-c3cnc[nH]3)cc2c1. The number of fused-ring (bicyclic) bond motifs is 1. The number of nitrogens with zero attached hydrogens (tertiary/aromatic N) is 1. The number of imidazole rings is 1. The molecule has 92 valence electrons. The van der Waals surface area contributed by atoms with Crippen molar-refractivity contribution in [1.82, 2.24) is 9.97 Å². The van der Waals surface area contributed by atoms with Gasteiger partial charge in [-0.2, -0.15) is 13.2 Å². The predicted octanol–water partition coefficient (Wildman–Crippen LogP) is 3.84. The van der Waals surface area contributed by atoms with E-state index in [2.05, 4.69) is 9.97 Å². The van der Waals surface area contributed by atoms with E-state index in [1.54, 1.807) is 12.3 Å². The minimum absolute atomic E-state index is 0.410. The molecule has 3 nitrogen and oxygen atoms in total. The zero-order valence-electron chi connectivity index (χ0n) is 8.95. The van der Waals surface area contributed by atoms with Gasteiger partial charge in [-0.05, 0) is 24.3 Å². The minimum atomic E-state index is -4.35. The lowest BCUT2D eigenvalue weighted by molar-refractivity contribution is -0.137. The van der Waals surface area contributed by atoms with E-state index in [0.717, 1.165) is 12.1 Å². The third-order valence-corrected chi connectivity index (χ3v) is 2.61. The quantitative estimate of drug-likeness (QED) is 0.714. The van der Waals surface area contributed by atoms with Crippen molar-refractivity contribution < 1.29 is 17.6 Å². The summed E-state index contributed by atoms with van der Waals surface area (Å²) in [5.74, 6) is 0.460. The number of alkyl halides is 3. The molecule has 1 N–H and O–H groups in total. The molecule has 6 heteroatoms. The molecule has 0 atom stereocenters. The molecule has 2 aromatic heterocycles. The van der Waals surface area contributed by atoms with Crippen molar-refractivity contribution in [2.45, 2.75) is 6.18 Å². The Hall–Kier alpha value is -2.24. The second-order valence-electron chi connectivity index (χ2n) is 3.83. The lowest BCUT2D eigenvalue weighted by Gasteiger charge is -2.04. The highest BCUT2D eigenvalue weighted by Gasteiger charge is 2.30. The van der Waals surface area contributed by atoms with Crippen LogP contribution in [0.5, 0.6) is 0 Å². The van der Waals surface area contributed by atoms with Crippen LogP contribution in [0.4, 0.5) is 13.2 Å². The Morgan fingerprint density at radius 3 is 2.67 bits per heavy atom. The molecule has 0 unspecified atom stereocenters. The number of halogens is 3. The van der Waals surface area contributed by atoms with E-state index in [1.807, 2.05) is 0 Å². The third kappa shape index (κ3) is 1.75. The van der Waals surface area contributed by atoms with Crippen molar-refractivity contribution in [1.29, 1.82) is 0 Å². The average Bonchev–Trinajstić information content (AvgIpc) is 2.95. The summed E-state index contributed by atoms with van der Waals surface area (Å²) in [4.78, 5) is 6.66. The first-order valence-electron chi connectivity index (χ1n) is 5.13. The topological polar surface area (TPSA) is 41.8 Å². The van der Waals surface area contributed by atoms with Crippen molar-refractivity contribution in [3.8, 4) is 11.5 Å². The van der Waals surface area contributed by atoms with Crippen LogP contribution in [-0.4, -0.2) is 9.97 Å². The molecule has 0 aliphatic carbocycles. The first kappa shape index (κ1) is 10.9. The van der Waals surface area contributed by atoms with Crippen LogP contribution in [0.3, 0.4) is 0 Å². The van der Waals surface area contributed by atoms with E-state index in [-0.39, 0.29) is 0 Å². The summed E-state index contributed by atoms with van der Waals surface area (Å²) in [6, 6.07) is 4.94. The van der Waals surface area contributed by atoms with Crippen molar-refractivity contribution in [2.75, 3.05) is 0 Å². The van der Waals surface area contributed by atoms with Gasteiger partial charge in [0.15, 0.2) is 5.76 Å². The second kappa shape index (κ2) is 3.63. The third-order valence-electron chi connectivity index (χ3n) is 2.61. The van der Waals surface area contributed by atoms with E-state index in [4.69, 9.17) is 4.42 Å². The predicted molar refractivity (Wildman–Crippen MR) is 58.8 cm³/mol. The van der Waals surface area contributed by atoms with Gasteiger partial charge < -0.3 is 9.40 Å². The Kier molecular flexibility index (Phi) is 2.19. The standard InChI is InChI=1S/C12H7F3N2O/c13-12(14,15)8-1-2-10-7(3-8)4-11(18-10)9-5-16-6-17-9/h1-6H,(H,16,17). The molecule has 0 aliphatic heterocycles. The zero-order chi connectivity index (χ0) is 12.8. The maximum atomic E-state index is 12.5. The van der Waals surface area contributed by atoms with E-state index < -0.39 is 11.7 Å². The van der Waals surface area contributed by atoms with Crippen LogP contribution < -0.4 is 0 Å². The molecular formula is C12H7F3N2O. The second-order valence-corrected chi connectivity index (χ2v) is 3.83. The lowest BCUT2D eigenvalue weighted by atomic mass is 10.1. The fourth-order valence-corrected chi connectivity index (χ4v) is 1.74. The van der Waals surface area contributed by atoms with Crippen LogP contribution in [0.25, 0.3) is 22.4 Å². The van der Waals surface area contributed by atoms with E-state index in [0.29, 0.717) is 22.4 Å². The molecule has 0 spiro atoms. The largest absolute Gasteiger partial charge is 0.454 e. The van der Waals surface area contributed by atoms with Gasteiger partial charge in [-0.1, -0.05) is 0 Å². The fraction of sp³-hybridized carbons (Fsp3) is 0.0833. The Bertz CT molecular complexity index is 683. The summed E-state index contributed by atoms with van der Waals surface area (Å²) in [6.07, 6.45) is -1.33. The van der Waals surface area contributed by atoms with Gasteiger partial charge in [0.25, 0.3) is 0 Å². The number of rotatable bonds is 1. The molecule has 0 fully saturated rings. The maximum absolute atomic E-state index is 12.5. The number of aromatic nitrogens is 2. The number of nitrogens with one attached hydrogen (secondary N) is 1. The summed E-state index contributed by atoms with van der Waals surface area (Å²) in [7, 11) is 0. The Morgan fingerprint density at radius 2 is 2.00 bits per heavy atom. The smallest absolute Gasteiger partial charge is 0.416 e. The highest BCUT2D eigenvalue weighted by atomic mass is 19.4. The summed E-state index contributed by atoms with van der Waals surface area (Å²) < 4.78 is 43.1. The van der Waals surface area contributed by atoms with Crippen LogP contribution in [0.1, 0.15) is 5.56 Å². The van der Waals surface area contributed by atoms with Gasteiger partial charge in [0.1, 0.15) is 11.3 Å². The Labute approximate surface area is 99.3 Å². The van der Waals surface area contributed by atoms with E-state index >= 15 is 0 Å². The average molecular weight is 252 g/mol. The van der Waals surface area contributed by atoms with E-state index in [9.17, 15) is 13.2 Å². The van der Waals surface area contributed by atoms with Crippen molar-refractivity contribution in [2.24, 2.45) is 0 Å². The van der Waals surface area contributed by atoms with Gasteiger partial charge in [0, 0.05) is 5.39 Å². The van der Waals surface area contributed by atoms with Crippen molar-refractivity contribution >= 4 is 11.0 Å². The molecule has 0 radical (unpaired) electrons. The lowest BCUT2D eigenvalue weighted by Crippen LogP contribution is -2.03. The van der Waals surface area contributed by atoms with Gasteiger partial charge in [-0.25, -0.2) is 4.98 Å². The molecule has 0 bridgehead atoms. The van der Waals surface area contributed by atoms with Gasteiger partial charge in [-0.15, -0.1) is 0 Å². The summed E-state index contributed by atoms with van der Waals surface area (Å²) >= 11 is 0. The molecule has 0 saturated heterocycles. The van der Waals surface area contributed by atoms with Crippen LogP contribution in [0, 0.1) is 0 Å². The molecule has 2 heterocycles. The molecule has 0 aliphatic rings. The van der Waals surface area contributed by atoms with Gasteiger partial charge in [0.05, 0.1) is 18.1 Å². The number of furan rings is 1. The van der Waals surface area contributed by atoms with Crippen LogP contribution in [-0.2, 0) is 6.18 Å². The fourth-order valence-electron chi connectivity index (χ4n) is 1.74. The molecule has 3 aromatic rings. The first-order chi connectivity index (χ1) is 8.54. The summed E-state index contributed by atoms with van der Waals surface area (Å²) in [5.41, 5.74) is 0.347.